The molecule has 0 aliphatic heterocycles. The van der Waals surface area contributed by atoms with Crippen molar-refractivity contribution in [2.75, 3.05) is 7.11 Å². The van der Waals surface area contributed by atoms with Crippen LogP contribution in [0.25, 0.3) is 0 Å². The van der Waals surface area contributed by atoms with E-state index in [-0.39, 0.29) is 11.3 Å². The molecule has 1 saturated carbocycles. The maximum absolute atomic E-state index is 12.6. The van der Waals surface area contributed by atoms with E-state index in [0.717, 1.165) is 29.7 Å². The predicted molar refractivity (Wildman–Crippen MR) is 86.9 cm³/mol. The Morgan fingerprint density at radius 2 is 1.73 bits per heavy atom. The maximum atomic E-state index is 12.6. The van der Waals surface area contributed by atoms with Gasteiger partial charge in [0.15, 0.2) is 0 Å². The van der Waals surface area contributed by atoms with E-state index >= 15 is 0 Å². The quantitative estimate of drug-likeness (QED) is 0.918. The van der Waals surface area contributed by atoms with Gasteiger partial charge in [-0.2, -0.15) is 0 Å². The van der Waals surface area contributed by atoms with Crippen LogP contribution in [0, 0.1) is 6.92 Å². The molecule has 0 spiro atoms. The Labute approximate surface area is 131 Å². The van der Waals surface area contributed by atoms with Crippen LogP contribution in [0.2, 0.25) is 0 Å². The van der Waals surface area contributed by atoms with Crippen LogP contribution in [-0.2, 0) is 16.8 Å². The number of methoxy groups -OCH3 is 1. The number of benzene rings is 2. The highest BCUT2D eigenvalue weighted by molar-refractivity contribution is 5.91. The van der Waals surface area contributed by atoms with Gasteiger partial charge < -0.3 is 10.1 Å². The zero-order valence-corrected chi connectivity index (χ0v) is 13.1. The van der Waals surface area contributed by atoms with Crippen LogP contribution >= 0.6 is 0 Å². The highest BCUT2D eigenvalue weighted by Crippen LogP contribution is 2.48. The van der Waals surface area contributed by atoms with E-state index in [2.05, 4.69) is 36.5 Å². The number of hydrogen-bond acceptors (Lipinski definition) is 2. The van der Waals surface area contributed by atoms with Crippen LogP contribution < -0.4 is 10.1 Å². The van der Waals surface area contributed by atoms with Gasteiger partial charge in [0.05, 0.1) is 12.5 Å². The smallest absolute Gasteiger partial charge is 0.230 e. The molecule has 22 heavy (non-hydrogen) atoms. The lowest BCUT2D eigenvalue weighted by molar-refractivity contribution is -0.123. The monoisotopic (exact) mass is 295 g/mol. The average molecular weight is 295 g/mol. The maximum Gasteiger partial charge on any atom is 0.230 e. The Morgan fingerprint density at radius 1 is 1.09 bits per heavy atom. The number of rotatable bonds is 5. The predicted octanol–water partition coefficient (Wildman–Crippen LogP) is 3.35. The first kappa shape index (κ1) is 14.6. The number of nitrogens with one attached hydrogen (secondary N) is 1. The van der Waals surface area contributed by atoms with Crippen molar-refractivity contribution in [3.05, 3.63) is 65.2 Å². The standard InChI is InChI=1S/C19H21NO2/c1-14-3-5-15(6-4-14)13-20-18(21)19(11-12-19)16-7-9-17(22-2)10-8-16/h3-10H,11-13H2,1-2H3,(H,20,21). The Morgan fingerprint density at radius 3 is 2.27 bits per heavy atom. The second-order valence-electron chi connectivity index (χ2n) is 5.98. The molecule has 3 nitrogen and oxygen atoms in total. The van der Waals surface area contributed by atoms with Gasteiger partial charge in [-0.3, -0.25) is 4.79 Å². The number of carbonyl (C=O) groups excluding carboxylic acids is 1. The Kier molecular flexibility index (Phi) is 3.88. The van der Waals surface area contributed by atoms with Crippen LogP contribution in [0.4, 0.5) is 0 Å². The highest BCUT2D eigenvalue weighted by Gasteiger charge is 2.51. The molecule has 0 radical (unpaired) electrons. The lowest BCUT2D eigenvalue weighted by Gasteiger charge is -2.16. The summed E-state index contributed by atoms with van der Waals surface area (Å²) < 4.78 is 5.18. The summed E-state index contributed by atoms with van der Waals surface area (Å²) in [4.78, 5) is 12.6. The molecule has 2 aromatic rings. The fourth-order valence-corrected chi connectivity index (χ4v) is 2.74. The summed E-state index contributed by atoms with van der Waals surface area (Å²) in [5, 5.41) is 3.08. The normalized spacial score (nSPS) is 15.2. The third kappa shape index (κ3) is 2.84. The Balaban J connectivity index is 1.67. The van der Waals surface area contributed by atoms with Crippen molar-refractivity contribution >= 4 is 5.91 Å². The van der Waals surface area contributed by atoms with Gasteiger partial charge in [0, 0.05) is 6.54 Å². The molecule has 0 atom stereocenters. The summed E-state index contributed by atoms with van der Waals surface area (Å²) in [5.74, 6) is 0.942. The molecule has 1 amide bonds. The minimum Gasteiger partial charge on any atom is -0.497 e. The Hall–Kier alpha value is -2.29. The van der Waals surface area contributed by atoms with Crippen molar-refractivity contribution in [3.63, 3.8) is 0 Å². The van der Waals surface area contributed by atoms with Crippen molar-refractivity contribution in [1.29, 1.82) is 0 Å². The van der Waals surface area contributed by atoms with Gasteiger partial charge in [0.1, 0.15) is 5.75 Å². The minimum absolute atomic E-state index is 0.123. The first-order valence-corrected chi connectivity index (χ1v) is 7.62. The Bertz CT molecular complexity index is 655. The fourth-order valence-electron chi connectivity index (χ4n) is 2.74. The van der Waals surface area contributed by atoms with Crippen LogP contribution in [0.15, 0.2) is 48.5 Å². The number of amides is 1. The zero-order chi connectivity index (χ0) is 15.6. The molecular weight excluding hydrogens is 274 g/mol. The van der Waals surface area contributed by atoms with Gasteiger partial charge in [-0.1, -0.05) is 42.0 Å². The second kappa shape index (κ2) is 5.84. The largest absolute Gasteiger partial charge is 0.497 e. The summed E-state index contributed by atoms with van der Waals surface area (Å²) in [6, 6.07) is 16.1. The van der Waals surface area contributed by atoms with E-state index in [0.29, 0.717) is 6.54 Å². The fraction of sp³-hybridized carbons (Fsp3) is 0.316. The molecule has 1 N–H and O–H groups in total. The average Bonchev–Trinajstić information content (AvgIpc) is 3.36. The van der Waals surface area contributed by atoms with Crippen molar-refractivity contribution in [2.45, 2.75) is 31.7 Å². The van der Waals surface area contributed by atoms with E-state index in [1.165, 1.54) is 5.56 Å². The van der Waals surface area contributed by atoms with Gasteiger partial charge >= 0.3 is 0 Å². The molecule has 0 saturated heterocycles. The SMILES string of the molecule is COc1ccc(C2(C(=O)NCc3ccc(C)cc3)CC2)cc1. The molecule has 1 aliphatic carbocycles. The highest BCUT2D eigenvalue weighted by atomic mass is 16.5. The first-order valence-electron chi connectivity index (χ1n) is 7.62. The van der Waals surface area contributed by atoms with Crippen LogP contribution in [0.1, 0.15) is 29.5 Å². The van der Waals surface area contributed by atoms with Gasteiger partial charge in [-0.25, -0.2) is 0 Å². The zero-order valence-electron chi connectivity index (χ0n) is 13.1. The molecule has 3 rings (SSSR count). The molecule has 114 valence electrons. The van der Waals surface area contributed by atoms with E-state index in [4.69, 9.17) is 4.74 Å². The number of hydrogen-bond donors (Lipinski definition) is 1. The molecule has 0 heterocycles. The number of carbonyl (C=O) groups is 1. The molecule has 0 bridgehead atoms. The first-order chi connectivity index (χ1) is 10.6. The van der Waals surface area contributed by atoms with Crippen LogP contribution in [-0.4, -0.2) is 13.0 Å². The van der Waals surface area contributed by atoms with Crippen LogP contribution in [0.3, 0.4) is 0 Å². The van der Waals surface area contributed by atoms with Gasteiger partial charge in [-0.15, -0.1) is 0 Å². The second-order valence-corrected chi connectivity index (χ2v) is 5.98. The minimum atomic E-state index is -0.336. The molecule has 0 aromatic heterocycles. The number of aryl methyl sites for hydroxylation is 1. The molecular formula is C19H21NO2. The lowest BCUT2D eigenvalue weighted by atomic mass is 9.95. The third-order valence-corrected chi connectivity index (χ3v) is 4.40. The summed E-state index contributed by atoms with van der Waals surface area (Å²) in [5.41, 5.74) is 3.10. The van der Waals surface area contributed by atoms with Crippen molar-refractivity contribution in [2.24, 2.45) is 0 Å². The lowest BCUT2D eigenvalue weighted by Crippen LogP contribution is -2.34. The molecule has 2 aromatic carbocycles. The van der Waals surface area contributed by atoms with Crippen molar-refractivity contribution < 1.29 is 9.53 Å². The molecule has 1 aliphatic rings. The van der Waals surface area contributed by atoms with E-state index in [1.54, 1.807) is 7.11 Å². The number of ether oxygens (including phenoxy) is 1. The topological polar surface area (TPSA) is 38.3 Å². The summed E-state index contributed by atoms with van der Waals surface area (Å²) >= 11 is 0. The van der Waals surface area contributed by atoms with E-state index in [1.807, 2.05) is 24.3 Å². The van der Waals surface area contributed by atoms with Gasteiger partial charge in [-0.05, 0) is 43.0 Å². The van der Waals surface area contributed by atoms with Crippen LogP contribution in [0.5, 0.6) is 5.75 Å². The van der Waals surface area contributed by atoms with Crippen molar-refractivity contribution in [3.8, 4) is 5.75 Å². The van der Waals surface area contributed by atoms with Gasteiger partial charge in [0.25, 0.3) is 0 Å². The molecule has 0 unspecified atom stereocenters. The van der Waals surface area contributed by atoms with Gasteiger partial charge in [0.2, 0.25) is 5.91 Å². The molecule has 1 fully saturated rings. The summed E-state index contributed by atoms with van der Waals surface area (Å²) in [7, 11) is 1.65. The summed E-state index contributed by atoms with van der Waals surface area (Å²) in [6.07, 6.45) is 1.83. The summed E-state index contributed by atoms with van der Waals surface area (Å²) in [6.45, 7) is 2.64. The van der Waals surface area contributed by atoms with Crippen molar-refractivity contribution in [1.82, 2.24) is 5.32 Å². The van der Waals surface area contributed by atoms with E-state index in [9.17, 15) is 4.79 Å². The third-order valence-electron chi connectivity index (χ3n) is 4.40. The molecule has 3 heteroatoms. The van der Waals surface area contributed by atoms with E-state index < -0.39 is 0 Å².